The van der Waals surface area contributed by atoms with Gasteiger partial charge in [0.25, 0.3) is 0 Å². The number of nitrogens with one attached hydrogen (secondary N) is 1. The smallest absolute Gasteiger partial charge is 0.195 e. The number of H-pyrrole nitrogens is 1. The van der Waals surface area contributed by atoms with Gasteiger partial charge in [0.2, 0.25) is 0 Å². The number of ketones is 1. The Kier molecular flexibility index (Phi) is 2.95. The highest BCUT2D eigenvalue weighted by molar-refractivity contribution is 9.10. The van der Waals surface area contributed by atoms with Crippen LogP contribution in [0.15, 0.2) is 47.3 Å². The molecule has 0 aliphatic rings. The lowest BCUT2D eigenvalue weighted by Gasteiger charge is -2.02. The van der Waals surface area contributed by atoms with E-state index >= 15 is 0 Å². The van der Waals surface area contributed by atoms with Crippen LogP contribution in [0, 0.1) is 6.92 Å². The zero-order chi connectivity index (χ0) is 13.4. The maximum atomic E-state index is 12.6. The van der Waals surface area contributed by atoms with Gasteiger partial charge in [-0.05, 0) is 36.8 Å². The van der Waals surface area contributed by atoms with Gasteiger partial charge in [-0.15, -0.1) is 0 Å². The van der Waals surface area contributed by atoms with E-state index in [1.54, 1.807) is 18.6 Å². The number of benzene rings is 1. The number of nitrogens with zero attached hydrogens (tertiary/aromatic N) is 1. The van der Waals surface area contributed by atoms with Gasteiger partial charge >= 0.3 is 0 Å². The number of aromatic nitrogens is 2. The second-order valence-electron chi connectivity index (χ2n) is 4.47. The summed E-state index contributed by atoms with van der Waals surface area (Å²) in [7, 11) is 0. The van der Waals surface area contributed by atoms with Crippen LogP contribution in [0.1, 0.15) is 21.5 Å². The summed E-state index contributed by atoms with van der Waals surface area (Å²) < 4.78 is 0.911. The van der Waals surface area contributed by atoms with Gasteiger partial charge in [-0.1, -0.05) is 15.9 Å². The largest absolute Gasteiger partial charge is 0.360 e. The Balaban J connectivity index is 2.13. The van der Waals surface area contributed by atoms with Crippen molar-refractivity contribution in [2.75, 3.05) is 0 Å². The number of carbonyl (C=O) groups excluding carboxylic acids is 1. The topological polar surface area (TPSA) is 45.8 Å². The second kappa shape index (κ2) is 4.63. The molecule has 2 aromatic heterocycles. The van der Waals surface area contributed by atoms with Gasteiger partial charge in [-0.3, -0.25) is 9.78 Å². The van der Waals surface area contributed by atoms with Crippen LogP contribution in [0.4, 0.5) is 0 Å². The summed E-state index contributed by atoms with van der Waals surface area (Å²) in [5.74, 6) is 0.00338. The highest BCUT2D eigenvalue weighted by Crippen LogP contribution is 2.22. The minimum atomic E-state index is 0.00338. The summed E-state index contributed by atoms with van der Waals surface area (Å²) in [4.78, 5) is 19.7. The van der Waals surface area contributed by atoms with Gasteiger partial charge in [0.05, 0.1) is 0 Å². The maximum absolute atomic E-state index is 12.6. The number of rotatable bonds is 2. The van der Waals surface area contributed by atoms with Crippen LogP contribution >= 0.6 is 15.9 Å². The predicted octanol–water partition coefficient (Wildman–Crippen LogP) is 3.86. The molecule has 0 saturated carbocycles. The predicted molar refractivity (Wildman–Crippen MR) is 78.4 cm³/mol. The summed E-state index contributed by atoms with van der Waals surface area (Å²) in [5.41, 5.74) is 3.30. The Morgan fingerprint density at radius 2 is 2.16 bits per heavy atom. The molecule has 1 aromatic carbocycles. The first kappa shape index (κ1) is 12.1. The van der Waals surface area contributed by atoms with Gasteiger partial charge in [-0.25, -0.2) is 0 Å². The minimum Gasteiger partial charge on any atom is -0.360 e. The van der Waals surface area contributed by atoms with Gasteiger partial charge in [0.15, 0.2) is 5.78 Å². The Bertz CT molecular complexity index is 756. The van der Waals surface area contributed by atoms with E-state index in [0.29, 0.717) is 11.1 Å². The first-order valence-electron chi connectivity index (χ1n) is 5.88. The van der Waals surface area contributed by atoms with Crippen molar-refractivity contribution in [2.24, 2.45) is 0 Å². The zero-order valence-electron chi connectivity index (χ0n) is 10.3. The van der Waals surface area contributed by atoms with E-state index in [1.807, 2.05) is 31.2 Å². The third-order valence-electron chi connectivity index (χ3n) is 3.03. The maximum Gasteiger partial charge on any atom is 0.195 e. The molecule has 0 fully saturated rings. The summed E-state index contributed by atoms with van der Waals surface area (Å²) in [6, 6.07) is 7.57. The minimum absolute atomic E-state index is 0.00338. The number of fused-ring (bicyclic) bond motifs is 1. The summed E-state index contributed by atoms with van der Waals surface area (Å²) in [5, 5.41) is 0.852. The molecule has 0 saturated heterocycles. The van der Waals surface area contributed by atoms with E-state index in [-0.39, 0.29) is 5.78 Å². The van der Waals surface area contributed by atoms with E-state index in [9.17, 15) is 4.79 Å². The third-order valence-corrected chi connectivity index (χ3v) is 3.49. The lowest BCUT2D eigenvalue weighted by Crippen LogP contribution is -2.01. The molecule has 94 valence electrons. The van der Waals surface area contributed by atoms with Crippen LogP contribution in [0.3, 0.4) is 0 Å². The lowest BCUT2D eigenvalue weighted by atomic mass is 10.0. The normalized spacial score (nSPS) is 10.8. The average Bonchev–Trinajstić information content (AvgIpc) is 2.80. The van der Waals surface area contributed by atoms with Crippen molar-refractivity contribution >= 4 is 32.6 Å². The number of aryl methyl sites for hydroxylation is 1. The molecule has 0 amide bonds. The van der Waals surface area contributed by atoms with E-state index in [2.05, 4.69) is 25.9 Å². The number of aromatic amines is 1. The van der Waals surface area contributed by atoms with E-state index < -0.39 is 0 Å². The first-order valence-corrected chi connectivity index (χ1v) is 6.67. The van der Waals surface area contributed by atoms with Gasteiger partial charge < -0.3 is 4.98 Å². The average molecular weight is 315 g/mol. The molecule has 4 heteroatoms. The molecule has 3 rings (SSSR count). The highest BCUT2D eigenvalue weighted by Gasteiger charge is 2.14. The van der Waals surface area contributed by atoms with Crippen molar-refractivity contribution < 1.29 is 4.79 Å². The van der Waals surface area contributed by atoms with E-state index in [4.69, 9.17) is 0 Å². The third kappa shape index (κ3) is 2.19. The monoisotopic (exact) mass is 314 g/mol. The number of pyridine rings is 1. The molecule has 3 aromatic rings. The standard InChI is InChI=1S/C15H11BrN2O/c1-9-4-10(6-11(16)5-9)15(19)13-8-18-14-2-3-17-7-12(13)14/h2-8,18H,1H3. The van der Waals surface area contributed by atoms with Crippen LogP contribution in [-0.4, -0.2) is 15.8 Å². The molecule has 0 spiro atoms. The molecule has 1 N–H and O–H groups in total. The van der Waals surface area contributed by atoms with Crippen LogP contribution in [0.25, 0.3) is 10.9 Å². The van der Waals surface area contributed by atoms with Crippen molar-refractivity contribution in [2.45, 2.75) is 6.92 Å². The molecule has 2 heterocycles. The van der Waals surface area contributed by atoms with E-state index in [1.165, 1.54) is 0 Å². The van der Waals surface area contributed by atoms with Gasteiger partial charge in [-0.2, -0.15) is 0 Å². The summed E-state index contributed by atoms with van der Waals surface area (Å²) >= 11 is 3.42. The van der Waals surface area contributed by atoms with E-state index in [0.717, 1.165) is 20.9 Å². The number of carbonyl (C=O) groups is 1. The van der Waals surface area contributed by atoms with Gasteiger partial charge in [0, 0.05) is 45.1 Å². The zero-order valence-corrected chi connectivity index (χ0v) is 11.9. The number of hydrogen-bond donors (Lipinski definition) is 1. The molecule has 0 radical (unpaired) electrons. The quantitative estimate of drug-likeness (QED) is 0.730. The number of halogens is 1. The Morgan fingerprint density at radius 3 is 2.95 bits per heavy atom. The fourth-order valence-corrected chi connectivity index (χ4v) is 2.78. The van der Waals surface area contributed by atoms with Crippen LogP contribution in [0.5, 0.6) is 0 Å². The molecule has 0 bridgehead atoms. The number of hydrogen-bond acceptors (Lipinski definition) is 2. The lowest BCUT2D eigenvalue weighted by molar-refractivity contribution is 0.104. The Morgan fingerprint density at radius 1 is 1.32 bits per heavy atom. The fourth-order valence-electron chi connectivity index (χ4n) is 2.17. The van der Waals surface area contributed by atoms with Crippen molar-refractivity contribution in [1.82, 2.24) is 9.97 Å². The molecule has 0 atom stereocenters. The fraction of sp³-hybridized carbons (Fsp3) is 0.0667. The molecule has 0 aliphatic heterocycles. The molecule has 0 unspecified atom stereocenters. The summed E-state index contributed by atoms with van der Waals surface area (Å²) in [6.07, 6.45) is 5.16. The molecular weight excluding hydrogens is 304 g/mol. The van der Waals surface area contributed by atoms with Crippen molar-refractivity contribution in [3.63, 3.8) is 0 Å². The molecule has 3 nitrogen and oxygen atoms in total. The van der Waals surface area contributed by atoms with Crippen LogP contribution in [0.2, 0.25) is 0 Å². The molecule has 19 heavy (non-hydrogen) atoms. The Hall–Kier alpha value is -1.94. The van der Waals surface area contributed by atoms with Crippen LogP contribution in [-0.2, 0) is 0 Å². The Labute approximate surface area is 118 Å². The molecular formula is C15H11BrN2O. The van der Waals surface area contributed by atoms with Gasteiger partial charge in [0.1, 0.15) is 0 Å². The van der Waals surface area contributed by atoms with Crippen molar-refractivity contribution in [3.05, 3.63) is 64.0 Å². The first-order chi connectivity index (χ1) is 9.15. The molecule has 0 aliphatic carbocycles. The second-order valence-corrected chi connectivity index (χ2v) is 5.39. The highest BCUT2D eigenvalue weighted by atomic mass is 79.9. The van der Waals surface area contributed by atoms with Crippen molar-refractivity contribution in [3.8, 4) is 0 Å². The van der Waals surface area contributed by atoms with Crippen molar-refractivity contribution in [1.29, 1.82) is 0 Å². The summed E-state index contributed by atoms with van der Waals surface area (Å²) in [6.45, 7) is 1.97. The van der Waals surface area contributed by atoms with Crippen LogP contribution < -0.4 is 0 Å². The SMILES string of the molecule is Cc1cc(Br)cc(C(=O)c2c[nH]c3ccncc23)c1.